The predicted octanol–water partition coefficient (Wildman–Crippen LogP) is 4.79. The minimum absolute atomic E-state index is 1.10. The van der Waals surface area contributed by atoms with Crippen molar-refractivity contribution < 1.29 is 0 Å². The highest BCUT2D eigenvalue weighted by Gasteiger charge is 2.13. The lowest BCUT2D eigenvalue weighted by Crippen LogP contribution is -1.82. The fourth-order valence-electron chi connectivity index (χ4n) is 2.10. The number of aryl methyl sites for hydroxylation is 1. The fourth-order valence-corrected chi connectivity index (χ4v) is 3.02. The highest BCUT2D eigenvalue weighted by atomic mass is 32.1. The predicted molar refractivity (Wildman–Crippen MR) is 77.7 cm³/mol. The molecule has 1 nitrogen and oxygen atoms in total. The second kappa shape index (κ2) is 4.75. The van der Waals surface area contributed by atoms with Crippen molar-refractivity contribution in [1.29, 1.82) is 0 Å². The van der Waals surface area contributed by atoms with Crippen LogP contribution >= 0.6 is 11.5 Å². The quantitative estimate of drug-likeness (QED) is 0.638. The third-order valence-electron chi connectivity index (χ3n) is 2.96. The van der Waals surface area contributed by atoms with Crippen LogP contribution in [0.3, 0.4) is 0 Å². The van der Waals surface area contributed by atoms with E-state index in [0.29, 0.717) is 0 Å². The molecule has 0 fully saturated rings. The molecule has 0 saturated carbocycles. The van der Waals surface area contributed by atoms with E-state index in [-0.39, 0.29) is 0 Å². The zero-order valence-electron chi connectivity index (χ0n) is 10.1. The Labute approximate surface area is 111 Å². The Morgan fingerprint density at radius 2 is 1.33 bits per heavy atom. The molecule has 1 heterocycles. The van der Waals surface area contributed by atoms with Crippen LogP contribution in [-0.4, -0.2) is 4.37 Å². The number of benzene rings is 2. The number of rotatable bonds is 2. The van der Waals surface area contributed by atoms with Gasteiger partial charge in [0.05, 0.1) is 10.6 Å². The van der Waals surface area contributed by atoms with Gasteiger partial charge in [-0.2, -0.15) is 4.37 Å². The van der Waals surface area contributed by atoms with Gasteiger partial charge in [0, 0.05) is 5.56 Å². The van der Waals surface area contributed by atoms with Crippen LogP contribution in [0.25, 0.3) is 21.6 Å². The van der Waals surface area contributed by atoms with Gasteiger partial charge in [-0.1, -0.05) is 60.7 Å². The van der Waals surface area contributed by atoms with E-state index in [0.717, 1.165) is 5.69 Å². The Balaban J connectivity index is 2.19. The molecule has 0 aliphatic heterocycles. The topological polar surface area (TPSA) is 12.9 Å². The minimum atomic E-state index is 1.10. The van der Waals surface area contributed by atoms with E-state index in [1.54, 1.807) is 11.5 Å². The summed E-state index contributed by atoms with van der Waals surface area (Å²) in [5.41, 5.74) is 4.83. The Bertz CT molecular complexity index is 641. The van der Waals surface area contributed by atoms with Crippen molar-refractivity contribution >= 4 is 11.5 Å². The van der Waals surface area contributed by atoms with E-state index in [9.17, 15) is 0 Å². The number of aromatic nitrogens is 1. The summed E-state index contributed by atoms with van der Waals surface area (Å²) in [7, 11) is 0. The van der Waals surface area contributed by atoms with Crippen LogP contribution in [0.15, 0.2) is 60.7 Å². The molecular weight excluding hydrogens is 238 g/mol. The Kier molecular flexibility index (Phi) is 2.95. The van der Waals surface area contributed by atoms with Crippen LogP contribution in [0.2, 0.25) is 0 Å². The van der Waals surface area contributed by atoms with Crippen molar-refractivity contribution in [2.24, 2.45) is 0 Å². The lowest BCUT2D eigenvalue weighted by atomic mass is 10.0. The molecule has 18 heavy (non-hydrogen) atoms. The van der Waals surface area contributed by atoms with E-state index in [1.807, 2.05) is 12.1 Å². The molecule has 0 atom stereocenters. The minimum Gasteiger partial charge on any atom is -0.197 e. The maximum absolute atomic E-state index is 4.51. The van der Waals surface area contributed by atoms with Crippen LogP contribution in [0.1, 0.15) is 5.69 Å². The molecule has 0 spiro atoms. The van der Waals surface area contributed by atoms with Crippen molar-refractivity contribution in [2.75, 3.05) is 0 Å². The molecule has 0 bridgehead atoms. The third kappa shape index (κ3) is 1.95. The van der Waals surface area contributed by atoms with Crippen molar-refractivity contribution in [3.8, 4) is 21.6 Å². The molecule has 0 saturated heterocycles. The Morgan fingerprint density at radius 3 is 1.94 bits per heavy atom. The average Bonchev–Trinajstić information content (AvgIpc) is 2.83. The van der Waals surface area contributed by atoms with Crippen molar-refractivity contribution in [3.05, 3.63) is 66.4 Å². The molecule has 1 aromatic heterocycles. The molecule has 3 aromatic rings. The van der Waals surface area contributed by atoms with Gasteiger partial charge in [0.15, 0.2) is 0 Å². The second-order valence-corrected chi connectivity index (χ2v) is 4.98. The summed E-state index contributed by atoms with van der Waals surface area (Å²) >= 11 is 1.57. The van der Waals surface area contributed by atoms with Gasteiger partial charge in [-0.15, -0.1) is 0 Å². The van der Waals surface area contributed by atoms with E-state index >= 15 is 0 Å². The molecule has 0 radical (unpaired) electrons. The van der Waals surface area contributed by atoms with E-state index in [2.05, 4.69) is 59.8 Å². The summed E-state index contributed by atoms with van der Waals surface area (Å²) in [6.45, 7) is 2.07. The zero-order chi connectivity index (χ0) is 12.4. The summed E-state index contributed by atoms with van der Waals surface area (Å²) in [6, 6.07) is 20.9. The van der Waals surface area contributed by atoms with Gasteiger partial charge >= 0.3 is 0 Å². The summed E-state index contributed by atoms with van der Waals surface area (Å²) < 4.78 is 4.51. The SMILES string of the molecule is Cc1nsc(-c2ccccc2)c1-c1ccccc1. The van der Waals surface area contributed by atoms with Crippen LogP contribution in [0, 0.1) is 6.92 Å². The Morgan fingerprint density at radius 1 is 0.778 bits per heavy atom. The van der Waals surface area contributed by atoms with Crippen molar-refractivity contribution in [1.82, 2.24) is 4.37 Å². The number of hydrogen-bond donors (Lipinski definition) is 0. The molecule has 0 N–H and O–H groups in total. The van der Waals surface area contributed by atoms with Crippen molar-refractivity contribution in [2.45, 2.75) is 6.92 Å². The first kappa shape index (κ1) is 11.2. The van der Waals surface area contributed by atoms with Gasteiger partial charge in [0.25, 0.3) is 0 Å². The molecule has 2 heteroatoms. The second-order valence-electron chi connectivity index (χ2n) is 4.20. The lowest BCUT2D eigenvalue weighted by molar-refractivity contribution is 1.34. The summed E-state index contributed by atoms with van der Waals surface area (Å²) in [4.78, 5) is 1.25. The molecule has 0 unspecified atom stereocenters. The van der Waals surface area contributed by atoms with Crippen LogP contribution in [0.4, 0.5) is 0 Å². The van der Waals surface area contributed by atoms with E-state index in [4.69, 9.17) is 0 Å². The monoisotopic (exact) mass is 251 g/mol. The lowest BCUT2D eigenvalue weighted by Gasteiger charge is -2.04. The molecule has 0 amide bonds. The molecule has 2 aromatic carbocycles. The smallest absolute Gasteiger partial charge is 0.0631 e. The standard InChI is InChI=1S/C16H13NS/c1-12-15(13-8-4-2-5-9-13)16(18-17-12)14-10-6-3-7-11-14/h2-11H,1H3. The van der Waals surface area contributed by atoms with Gasteiger partial charge in [-0.3, -0.25) is 0 Å². The fraction of sp³-hybridized carbons (Fsp3) is 0.0625. The highest BCUT2D eigenvalue weighted by Crippen LogP contribution is 2.37. The molecule has 3 rings (SSSR count). The first-order valence-electron chi connectivity index (χ1n) is 5.93. The number of hydrogen-bond acceptors (Lipinski definition) is 2. The highest BCUT2D eigenvalue weighted by molar-refractivity contribution is 7.10. The van der Waals surface area contributed by atoms with Crippen LogP contribution in [-0.2, 0) is 0 Å². The largest absolute Gasteiger partial charge is 0.197 e. The van der Waals surface area contributed by atoms with E-state index in [1.165, 1.54) is 21.6 Å². The maximum Gasteiger partial charge on any atom is 0.0631 e. The van der Waals surface area contributed by atoms with Crippen LogP contribution in [0.5, 0.6) is 0 Å². The summed E-state index contributed by atoms with van der Waals surface area (Å²) in [5.74, 6) is 0. The van der Waals surface area contributed by atoms with Gasteiger partial charge in [0.1, 0.15) is 0 Å². The molecular formula is C16H13NS. The van der Waals surface area contributed by atoms with Crippen LogP contribution < -0.4 is 0 Å². The first-order chi connectivity index (χ1) is 8.86. The Hall–Kier alpha value is -1.93. The van der Waals surface area contributed by atoms with Gasteiger partial charge in [-0.05, 0) is 29.6 Å². The van der Waals surface area contributed by atoms with Gasteiger partial charge < -0.3 is 0 Å². The molecule has 0 aliphatic carbocycles. The summed E-state index contributed by atoms with van der Waals surface area (Å²) in [6.07, 6.45) is 0. The maximum atomic E-state index is 4.51. The van der Waals surface area contributed by atoms with E-state index < -0.39 is 0 Å². The first-order valence-corrected chi connectivity index (χ1v) is 6.71. The van der Waals surface area contributed by atoms with Gasteiger partial charge in [0.2, 0.25) is 0 Å². The third-order valence-corrected chi connectivity index (χ3v) is 3.95. The van der Waals surface area contributed by atoms with Crippen molar-refractivity contribution in [3.63, 3.8) is 0 Å². The molecule has 0 aliphatic rings. The summed E-state index contributed by atoms with van der Waals surface area (Å²) in [5, 5.41) is 0. The van der Waals surface area contributed by atoms with Gasteiger partial charge in [-0.25, -0.2) is 0 Å². The average molecular weight is 251 g/mol. The molecule has 88 valence electrons. The zero-order valence-corrected chi connectivity index (χ0v) is 10.9. The normalized spacial score (nSPS) is 10.5. The number of nitrogens with zero attached hydrogens (tertiary/aromatic N) is 1.